The van der Waals surface area contributed by atoms with Crippen molar-refractivity contribution >= 4 is 28.2 Å². The number of amides is 2. The molecule has 116 valence electrons. The second-order valence-corrected chi connectivity index (χ2v) is 6.16. The maximum Gasteiger partial charge on any atom is 0.291 e. The molecule has 1 aliphatic heterocycles. The molecular weight excluding hydrogens is 304 g/mol. The first kappa shape index (κ1) is 14.8. The molecule has 1 aliphatic rings. The van der Waals surface area contributed by atoms with Crippen molar-refractivity contribution in [2.24, 2.45) is 0 Å². The fraction of sp³-hybridized carbons (Fsp3) is 0.333. The van der Waals surface area contributed by atoms with E-state index in [1.165, 1.54) is 17.6 Å². The number of anilines is 1. The monoisotopic (exact) mass is 320 g/mol. The maximum atomic E-state index is 12.4. The molecule has 0 bridgehead atoms. The highest BCUT2D eigenvalue weighted by Gasteiger charge is 2.29. The zero-order valence-corrected chi connectivity index (χ0v) is 12.6. The van der Waals surface area contributed by atoms with Crippen molar-refractivity contribution in [2.45, 2.75) is 18.9 Å². The summed E-state index contributed by atoms with van der Waals surface area (Å²) in [6.07, 6.45) is 3.17. The van der Waals surface area contributed by atoms with E-state index in [9.17, 15) is 14.7 Å². The van der Waals surface area contributed by atoms with Gasteiger partial charge in [0, 0.05) is 6.54 Å². The number of hydrogen-bond donors (Lipinski definition) is 2. The third kappa shape index (κ3) is 2.90. The maximum absolute atomic E-state index is 12.4. The van der Waals surface area contributed by atoms with Gasteiger partial charge in [-0.2, -0.15) is 0 Å². The van der Waals surface area contributed by atoms with Crippen LogP contribution in [-0.4, -0.2) is 41.0 Å². The van der Waals surface area contributed by atoms with Gasteiger partial charge in [0.2, 0.25) is 0 Å². The summed E-state index contributed by atoms with van der Waals surface area (Å²) in [6.45, 7) is 0.648. The standard InChI is InChI=1S/C15H16N2O4S/c18-9-10-3-1-7-17(10)15(20)12-5-6-13(22-12)16-14(19)11-4-2-8-21-11/h2,4-6,8,10,18H,1,3,7,9H2,(H,16,19)/t10-/m1/s1. The molecule has 2 aromatic rings. The molecule has 0 aromatic carbocycles. The van der Waals surface area contributed by atoms with Crippen molar-refractivity contribution in [1.82, 2.24) is 4.90 Å². The lowest BCUT2D eigenvalue weighted by molar-refractivity contribution is 0.0682. The number of thiophene rings is 1. The highest BCUT2D eigenvalue weighted by atomic mass is 32.1. The molecule has 0 radical (unpaired) electrons. The van der Waals surface area contributed by atoms with Gasteiger partial charge in [-0.05, 0) is 37.1 Å². The number of furan rings is 1. The van der Waals surface area contributed by atoms with E-state index in [0.29, 0.717) is 16.4 Å². The van der Waals surface area contributed by atoms with Crippen LogP contribution in [0.25, 0.3) is 0 Å². The lowest BCUT2D eigenvalue weighted by Crippen LogP contribution is -2.37. The van der Waals surface area contributed by atoms with Gasteiger partial charge >= 0.3 is 0 Å². The molecule has 6 nitrogen and oxygen atoms in total. The highest BCUT2D eigenvalue weighted by Crippen LogP contribution is 2.27. The highest BCUT2D eigenvalue weighted by molar-refractivity contribution is 7.18. The van der Waals surface area contributed by atoms with Gasteiger partial charge in [-0.3, -0.25) is 9.59 Å². The molecule has 22 heavy (non-hydrogen) atoms. The summed E-state index contributed by atoms with van der Waals surface area (Å²) in [5, 5.41) is 12.6. The number of nitrogens with zero attached hydrogens (tertiary/aromatic N) is 1. The Morgan fingerprint density at radius 3 is 3.00 bits per heavy atom. The van der Waals surface area contributed by atoms with Crippen LogP contribution in [-0.2, 0) is 0 Å². The zero-order chi connectivity index (χ0) is 15.5. The molecule has 3 rings (SSSR count). The van der Waals surface area contributed by atoms with E-state index in [0.717, 1.165) is 12.8 Å². The van der Waals surface area contributed by atoms with Crippen LogP contribution in [0, 0.1) is 0 Å². The third-order valence-corrected chi connectivity index (χ3v) is 4.64. The van der Waals surface area contributed by atoms with E-state index in [-0.39, 0.29) is 30.2 Å². The summed E-state index contributed by atoms with van der Waals surface area (Å²) >= 11 is 1.22. The van der Waals surface area contributed by atoms with Crippen LogP contribution < -0.4 is 5.32 Å². The average Bonchev–Trinajstić information content (AvgIpc) is 3.26. The van der Waals surface area contributed by atoms with E-state index < -0.39 is 0 Å². The van der Waals surface area contributed by atoms with Gasteiger partial charge in [0.05, 0.1) is 28.8 Å². The zero-order valence-electron chi connectivity index (χ0n) is 11.8. The molecule has 2 aromatic heterocycles. The lowest BCUT2D eigenvalue weighted by Gasteiger charge is -2.22. The summed E-state index contributed by atoms with van der Waals surface area (Å²) in [5.41, 5.74) is 0. The van der Waals surface area contributed by atoms with Gasteiger partial charge in [0.15, 0.2) is 5.76 Å². The Hall–Kier alpha value is -2.12. The average molecular weight is 320 g/mol. The van der Waals surface area contributed by atoms with E-state index in [2.05, 4.69) is 5.32 Å². The van der Waals surface area contributed by atoms with E-state index >= 15 is 0 Å². The Morgan fingerprint density at radius 2 is 2.27 bits per heavy atom. The van der Waals surface area contributed by atoms with Crippen LogP contribution in [0.5, 0.6) is 0 Å². The van der Waals surface area contributed by atoms with Crippen molar-refractivity contribution in [3.63, 3.8) is 0 Å². The second kappa shape index (κ2) is 6.33. The topological polar surface area (TPSA) is 82.8 Å². The van der Waals surface area contributed by atoms with E-state index in [4.69, 9.17) is 4.42 Å². The first-order valence-corrected chi connectivity index (χ1v) is 7.87. The summed E-state index contributed by atoms with van der Waals surface area (Å²) in [5.74, 6) is -0.221. The minimum Gasteiger partial charge on any atom is -0.459 e. The first-order chi connectivity index (χ1) is 10.7. The van der Waals surface area contributed by atoms with Gasteiger partial charge in [-0.25, -0.2) is 0 Å². The molecule has 0 saturated carbocycles. The molecular formula is C15H16N2O4S. The molecule has 0 spiro atoms. The molecule has 0 aliphatic carbocycles. The van der Waals surface area contributed by atoms with Crippen LogP contribution >= 0.6 is 11.3 Å². The number of hydrogen-bond acceptors (Lipinski definition) is 5. The minimum atomic E-state index is -0.347. The molecule has 7 heteroatoms. The first-order valence-electron chi connectivity index (χ1n) is 7.05. The Labute approximate surface area is 131 Å². The fourth-order valence-electron chi connectivity index (χ4n) is 2.54. The van der Waals surface area contributed by atoms with Gasteiger partial charge in [0.1, 0.15) is 0 Å². The van der Waals surface area contributed by atoms with Crippen LogP contribution in [0.15, 0.2) is 34.9 Å². The number of likely N-dealkylation sites (tertiary alicyclic amines) is 1. The molecule has 2 amide bonds. The third-order valence-electron chi connectivity index (χ3n) is 3.65. The summed E-state index contributed by atoms with van der Waals surface area (Å²) in [6, 6.07) is 6.50. The number of aliphatic hydroxyl groups is 1. The number of carbonyl (C=O) groups excluding carboxylic acids is 2. The smallest absolute Gasteiger partial charge is 0.291 e. The minimum absolute atomic E-state index is 0.0147. The fourth-order valence-corrected chi connectivity index (χ4v) is 3.39. The number of nitrogens with one attached hydrogen (secondary N) is 1. The van der Waals surface area contributed by atoms with Gasteiger partial charge in [-0.15, -0.1) is 11.3 Å². The molecule has 2 N–H and O–H groups in total. The van der Waals surface area contributed by atoms with Crippen LogP contribution in [0.3, 0.4) is 0 Å². The summed E-state index contributed by atoms with van der Waals surface area (Å²) in [7, 11) is 0. The van der Waals surface area contributed by atoms with Gasteiger partial charge in [-0.1, -0.05) is 0 Å². The normalized spacial score (nSPS) is 17.7. The SMILES string of the molecule is O=C(Nc1ccc(C(=O)N2CCC[C@@H]2CO)s1)c1ccco1. The van der Waals surface area contributed by atoms with Crippen molar-refractivity contribution in [3.05, 3.63) is 41.2 Å². The predicted molar refractivity (Wildman–Crippen MR) is 82.1 cm³/mol. The Balaban J connectivity index is 1.68. The lowest BCUT2D eigenvalue weighted by atomic mass is 10.2. The molecule has 1 saturated heterocycles. The van der Waals surface area contributed by atoms with Crippen molar-refractivity contribution in [2.75, 3.05) is 18.5 Å². The molecule has 1 atom stereocenters. The summed E-state index contributed by atoms with van der Waals surface area (Å²) < 4.78 is 5.02. The number of aliphatic hydroxyl groups excluding tert-OH is 1. The van der Waals surface area contributed by atoms with Crippen molar-refractivity contribution in [1.29, 1.82) is 0 Å². The molecule has 3 heterocycles. The Kier molecular flexibility index (Phi) is 4.26. The van der Waals surface area contributed by atoms with E-state index in [1.807, 2.05) is 0 Å². The second-order valence-electron chi connectivity index (χ2n) is 5.07. The molecule has 1 fully saturated rings. The summed E-state index contributed by atoms with van der Waals surface area (Å²) in [4.78, 5) is 26.6. The predicted octanol–water partition coefficient (Wildman–Crippen LogP) is 2.19. The van der Waals surface area contributed by atoms with E-state index in [1.54, 1.807) is 29.2 Å². The van der Waals surface area contributed by atoms with Crippen molar-refractivity contribution < 1.29 is 19.1 Å². The Morgan fingerprint density at radius 1 is 1.41 bits per heavy atom. The number of rotatable bonds is 4. The van der Waals surface area contributed by atoms with Gasteiger partial charge < -0.3 is 19.7 Å². The number of carbonyl (C=O) groups is 2. The largest absolute Gasteiger partial charge is 0.459 e. The van der Waals surface area contributed by atoms with Gasteiger partial charge in [0.25, 0.3) is 11.8 Å². The Bertz CT molecular complexity index is 665. The quantitative estimate of drug-likeness (QED) is 0.904. The molecule has 0 unspecified atom stereocenters. The van der Waals surface area contributed by atoms with Crippen LogP contribution in [0.2, 0.25) is 0 Å². The van der Waals surface area contributed by atoms with Crippen LogP contribution in [0.1, 0.15) is 33.1 Å². The van der Waals surface area contributed by atoms with Crippen molar-refractivity contribution in [3.8, 4) is 0 Å². The van der Waals surface area contributed by atoms with Crippen LogP contribution in [0.4, 0.5) is 5.00 Å².